The minimum Gasteiger partial charge on any atom is -0.488 e. The Hall–Kier alpha value is -1.51. The molecule has 1 N–H and O–H groups in total. The molecule has 1 aromatic carbocycles. The van der Waals surface area contributed by atoms with Crippen molar-refractivity contribution in [2.75, 3.05) is 5.32 Å². The number of anilines is 1. The topological polar surface area (TPSA) is 38.3 Å². The molecule has 14 heavy (non-hydrogen) atoms. The lowest BCUT2D eigenvalue weighted by molar-refractivity contribution is -0.105. The molecule has 0 saturated heterocycles. The van der Waals surface area contributed by atoms with E-state index in [2.05, 4.69) is 5.32 Å². The van der Waals surface area contributed by atoms with Crippen LogP contribution in [0, 0.1) is 0 Å². The van der Waals surface area contributed by atoms with Crippen LogP contribution in [0.2, 0.25) is 0 Å². The van der Waals surface area contributed by atoms with Gasteiger partial charge in [-0.1, -0.05) is 0 Å². The molecule has 1 aromatic rings. The zero-order valence-corrected chi connectivity index (χ0v) is 8.70. The number of hydrogen-bond donors (Lipinski definition) is 1. The summed E-state index contributed by atoms with van der Waals surface area (Å²) in [7, 11) is 0. The van der Waals surface area contributed by atoms with Crippen LogP contribution in [0.5, 0.6) is 5.75 Å². The Morgan fingerprint density at radius 1 is 1.21 bits per heavy atom. The van der Waals surface area contributed by atoms with Crippen LogP contribution in [-0.2, 0) is 4.79 Å². The SMILES string of the molecule is CC(C)(C)Oc1ccc(NC=O)cc1. The first-order chi connectivity index (χ1) is 6.51. The van der Waals surface area contributed by atoms with Crippen LogP contribution in [-0.4, -0.2) is 12.0 Å². The molecule has 0 fully saturated rings. The second kappa shape index (κ2) is 4.13. The van der Waals surface area contributed by atoms with Gasteiger partial charge in [-0.15, -0.1) is 0 Å². The number of benzene rings is 1. The maximum Gasteiger partial charge on any atom is 0.211 e. The number of carbonyl (C=O) groups is 1. The second-order valence-electron chi connectivity index (χ2n) is 4.00. The zero-order chi connectivity index (χ0) is 10.6. The third kappa shape index (κ3) is 3.47. The molecular weight excluding hydrogens is 178 g/mol. The van der Waals surface area contributed by atoms with E-state index in [1.165, 1.54) is 0 Å². The average Bonchev–Trinajstić information content (AvgIpc) is 2.06. The summed E-state index contributed by atoms with van der Waals surface area (Å²) in [4.78, 5) is 10.1. The minimum atomic E-state index is -0.195. The van der Waals surface area contributed by atoms with Crippen LogP contribution in [0.4, 0.5) is 5.69 Å². The van der Waals surface area contributed by atoms with Crippen molar-refractivity contribution in [1.29, 1.82) is 0 Å². The molecule has 0 unspecified atom stereocenters. The summed E-state index contributed by atoms with van der Waals surface area (Å²) in [5, 5.41) is 2.56. The monoisotopic (exact) mass is 193 g/mol. The highest BCUT2D eigenvalue weighted by Gasteiger charge is 2.10. The van der Waals surface area contributed by atoms with E-state index in [0.717, 1.165) is 11.4 Å². The number of amides is 1. The van der Waals surface area contributed by atoms with E-state index in [4.69, 9.17) is 4.74 Å². The molecule has 0 heterocycles. The van der Waals surface area contributed by atoms with E-state index in [-0.39, 0.29) is 5.60 Å². The molecule has 0 atom stereocenters. The molecule has 76 valence electrons. The highest BCUT2D eigenvalue weighted by molar-refractivity contribution is 5.71. The van der Waals surface area contributed by atoms with Gasteiger partial charge in [0.1, 0.15) is 11.4 Å². The first-order valence-corrected chi connectivity index (χ1v) is 4.50. The van der Waals surface area contributed by atoms with Crippen molar-refractivity contribution >= 4 is 12.1 Å². The summed E-state index contributed by atoms with van der Waals surface area (Å²) < 4.78 is 5.62. The van der Waals surface area contributed by atoms with Crippen LogP contribution < -0.4 is 10.1 Å². The Morgan fingerprint density at radius 2 is 1.79 bits per heavy atom. The zero-order valence-electron chi connectivity index (χ0n) is 8.70. The fourth-order valence-electron chi connectivity index (χ4n) is 1.04. The van der Waals surface area contributed by atoms with Crippen LogP contribution in [0.25, 0.3) is 0 Å². The number of hydrogen-bond acceptors (Lipinski definition) is 2. The molecule has 0 aliphatic heterocycles. The quantitative estimate of drug-likeness (QED) is 0.749. The Labute approximate surface area is 84.1 Å². The van der Waals surface area contributed by atoms with Gasteiger partial charge in [-0.25, -0.2) is 0 Å². The number of rotatable bonds is 3. The number of carbonyl (C=O) groups excluding carboxylic acids is 1. The van der Waals surface area contributed by atoms with E-state index < -0.39 is 0 Å². The molecule has 0 bridgehead atoms. The van der Waals surface area contributed by atoms with Gasteiger partial charge in [-0.3, -0.25) is 4.79 Å². The van der Waals surface area contributed by atoms with Crippen LogP contribution >= 0.6 is 0 Å². The first kappa shape index (κ1) is 10.6. The van der Waals surface area contributed by atoms with Crippen molar-refractivity contribution in [2.24, 2.45) is 0 Å². The van der Waals surface area contributed by atoms with Gasteiger partial charge in [-0.2, -0.15) is 0 Å². The van der Waals surface area contributed by atoms with Gasteiger partial charge in [0.25, 0.3) is 0 Å². The Morgan fingerprint density at radius 3 is 2.21 bits per heavy atom. The van der Waals surface area contributed by atoms with Crippen molar-refractivity contribution in [2.45, 2.75) is 26.4 Å². The molecule has 1 amide bonds. The Balaban J connectivity index is 2.68. The van der Waals surface area contributed by atoms with Gasteiger partial charge < -0.3 is 10.1 Å². The smallest absolute Gasteiger partial charge is 0.211 e. The number of nitrogens with one attached hydrogen (secondary N) is 1. The van der Waals surface area contributed by atoms with Crippen molar-refractivity contribution in [1.82, 2.24) is 0 Å². The molecule has 1 rings (SSSR count). The third-order valence-electron chi connectivity index (χ3n) is 1.50. The fourth-order valence-corrected chi connectivity index (χ4v) is 1.04. The van der Waals surface area contributed by atoms with E-state index in [1.807, 2.05) is 32.9 Å². The first-order valence-electron chi connectivity index (χ1n) is 4.50. The van der Waals surface area contributed by atoms with Crippen molar-refractivity contribution in [3.8, 4) is 5.75 Å². The third-order valence-corrected chi connectivity index (χ3v) is 1.50. The Bertz CT molecular complexity index is 298. The lowest BCUT2D eigenvalue weighted by Gasteiger charge is -2.21. The summed E-state index contributed by atoms with van der Waals surface area (Å²) in [5.41, 5.74) is 0.570. The van der Waals surface area contributed by atoms with Gasteiger partial charge in [-0.05, 0) is 45.0 Å². The largest absolute Gasteiger partial charge is 0.488 e. The fraction of sp³-hybridized carbons (Fsp3) is 0.364. The summed E-state index contributed by atoms with van der Waals surface area (Å²) in [5.74, 6) is 0.800. The second-order valence-corrected chi connectivity index (χ2v) is 4.00. The molecule has 0 spiro atoms. The van der Waals surface area contributed by atoms with Crippen LogP contribution in [0.1, 0.15) is 20.8 Å². The normalized spacial score (nSPS) is 10.8. The minimum absolute atomic E-state index is 0.195. The van der Waals surface area contributed by atoms with E-state index >= 15 is 0 Å². The maximum absolute atomic E-state index is 10.1. The summed E-state index contributed by atoms with van der Waals surface area (Å²) in [6, 6.07) is 7.26. The molecule has 3 heteroatoms. The van der Waals surface area contributed by atoms with Crippen LogP contribution in [0.15, 0.2) is 24.3 Å². The van der Waals surface area contributed by atoms with Gasteiger partial charge in [0, 0.05) is 5.69 Å². The van der Waals surface area contributed by atoms with Crippen molar-refractivity contribution in [3.63, 3.8) is 0 Å². The summed E-state index contributed by atoms with van der Waals surface area (Å²) in [6.45, 7) is 5.97. The highest BCUT2D eigenvalue weighted by atomic mass is 16.5. The maximum atomic E-state index is 10.1. The van der Waals surface area contributed by atoms with Gasteiger partial charge in [0.2, 0.25) is 6.41 Å². The predicted octanol–water partition coefficient (Wildman–Crippen LogP) is 2.43. The molecule has 0 saturated carbocycles. The predicted molar refractivity (Wildman–Crippen MR) is 56.5 cm³/mol. The molecule has 0 aliphatic carbocycles. The van der Waals surface area contributed by atoms with E-state index in [9.17, 15) is 4.79 Å². The molecule has 0 aromatic heterocycles. The lowest BCUT2D eigenvalue weighted by Crippen LogP contribution is -2.22. The molecule has 0 radical (unpaired) electrons. The van der Waals surface area contributed by atoms with Gasteiger partial charge in [0.15, 0.2) is 0 Å². The van der Waals surface area contributed by atoms with Gasteiger partial charge in [0.05, 0.1) is 0 Å². The highest BCUT2D eigenvalue weighted by Crippen LogP contribution is 2.19. The van der Waals surface area contributed by atoms with E-state index in [0.29, 0.717) is 6.41 Å². The number of ether oxygens (including phenoxy) is 1. The standard InChI is InChI=1S/C11H15NO2/c1-11(2,3)14-10-6-4-9(5-7-10)12-8-13/h4-8H,1-3H3,(H,12,13). The van der Waals surface area contributed by atoms with E-state index in [1.54, 1.807) is 12.1 Å². The Kier molecular flexibility index (Phi) is 3.12. The summed E-state index contributed by atoms with van der Waals surface area (Å²) >= 11 is 0. The summed E-state index contributed by atoms with van der Waals surface area (Å²) in [6.07, 6.45) is 0.652. The average molecular weight is 193 g/mol. The molecule has 0 aliphatic rings. The van der Waals surface area contributed by atoms with Crippen molar-refractivity contribution in [3.05, 3.63) is 24.3 Å². The van der Waals surface area contributed by atoms with Gasteiger partial charge >= 0.3 is 0 Å². The van der Waals surface area contributed by atoms with Crippen LogP contribution in [0.3, 0.4) is 0 Å². The van der Waals surface area contributed by atoms with Crippen molar-refractivity contribution < 1.29 is 9.53 Å². The molecule has 3 nitrogen and oxygen atoms in total. The lowest BCUT2D eigenvalue weighted by atomic mass is 10.2. The molecular formula is C11H15NO2.